The summed E-state index contributed by atoms with van der Waals surface area (Å²) in [4.78, 5) is 17.5. The Morgan fingerprint density at radius 2 is 2.06 bits per heavy atom. The number of likely N-dealkylation sites (tertiary alicyclic amines) is 1. The molecule has 0 radical (unpaired) electrons. The van der Waals surface area contributed by atoms with Crippen LogP contribution in [0.25, 0.3) is 6.08 Å². The summed E-state index contributed by atoms with van der Waals surface area (Å²) in [5.74, 6) is 0.513. The largest absolute Gasteiger partial charge is 0.504 e. The number of aliphatic hydroxyl groups is 1. The van der Waals surface area contributed by atoms with Crippen molar-refractivity contribution in [3.05, 3.63) is 64.7 Å². The summed E-state index contributed by atoms with van der Waals surface area (Å²) in [5.41, 5.74) is 1.70. The number of ether oxygens (including phenoxy) is 1. The number of carbonyl (C=O) groups excluding carboxylic acids is 1. The van der Waals surface area contributed by atoms with Gasteiger partial charge in [0, 0.05) is 24.7 Å². The van der Waals surface area contributed by atoms with Gasteiger partial charge < -0.3 is 24.7 Å². The highest BCUT2D eigenvalue weighted by Crippen LogP contribution is 2.69. The Morgan fingerprint density at radius 3 is 2.83 bits per heavy atom. The molecule has 4 aliphatic rings. The predicted molar refractivity (Wildman–Crippen MR) is 135 cm³/mol. The number of aromatic hydroxyl groups is 1. The molecular weight excluding hydrogens is 440 g/mol. The minimum absolute atomic E-state index is 0.0228. The summed E-state index contributed by atoms with van der Waals surface area (Å²) in [6.45, 7) is 4.91. The molecule has 2 aromatic carbocycles. The number of phenols is 1. The number of amides is 1. The number of hydrogen-bond acceptors (Lipinski definition) is 5. The molecule has 2 bridgehead atoms. The second-order valence-corrected chi connectivity index (χ2v) is 11.2. The van der Waals surface area contributed by atoms with Crippen molar-refractivity contribution in [2.45, 2.75) is 68.2 Å². The van der Waals surface area contributed by atoms with Crippen molar-refractivity contribution in [2.24, 2.45) is 0 Å². The minimum atomic E-state index is -0.988. The van der Waals surface area contributed by atoms with E-state index in [1.807, 2.05) is 57.3 Å². The SMILES string of the molecule is Cc1cccc(/C=C/C(=O)N(C)C2CC[C@@]3(O)[C@H]4Cc5ccc(O)c6c5[C@@]3(CCN4C)C2(C)O6)c1. The van der Waals surface area contributed by atoms with Crippen molar-refractivity contribution in [1.29, 1.82) is 0 Å². The van der Waals surface area contributed by atoms with E-state index in [1.165, 1.54) is 0 Å². The summed E-state index contributed by atoms with van der Waals surface area (Å²) in [6, 6.07) is 11.5. The Kier molecular flexibility index (Phi) is 4.74. The molecule has 2 aliphatic carbocycles. The number of aryl methyl sites for hydroxylation is 1. The fraction of sp³-hybridized carbons (Fsp3) is 0.483. The number of piperidine rings is 1. The molecule has 2 heterocycles. The predicted octanol–water partition coefficient (Wildman–Crippen LogP) is 3.42. The third-order valence-electron chi connectivity index (χ3n) is 9.60. The molecule has 2 N–H and O–H groups in total. The number of carbonyl (C=O) groups is 1. The smallest absolute Gasteiger partial charge is 0.246 e. The van der Waals surface area contributed by atoms with Gasteiger partial charge in [-0.25, -0.2) is 0 Å². The average molecular weight is 475 g/mol. The van der Waals surface area contributed by atoms with Crippen LogP contribution in [0.15, 0.2) is 42.5 Å². The molecule has 1 spiro atoms. The topological polar surface area (TPSA) is 73.2 Å². The molecule has 6 nitrogen and oxygen atoms in total. The second kappa shape index (κ2) is 7.34. The molecule has 1 amide bonds. The Bertz CT molecular complexity index is 1260. The first kappa shape index (κ1) is 22.6. The highest BCUT2D eigenvalue weighted by atomic mass is 16.5. The molecule has 2 fully saturated rings. The first-order chi connectivity index (χ1) is 16.6. The van der Waals surface area contributed by atoms with Crippen LogP contribution in [0, 0.1) is 6.92 Å². The van der Waals surface area contributed by atoms with Crippen molar-refractivity contribution < 1.29 is 19.7 Å². The maximum absolute atomic E-state index is 13.4. The maximum Gasteiger partial charge on any atom is 0.246 e. The summed E-state index contributed by atoms with van der Waals surface area (Å²) in [7, 11) is 3.93. The van der Waals surface area contributed by atoms with E-state index in [2.05, 4.69) is 11.9 Å². The van der Waals surface area contributed by atoms with Crippen molar-refractivity contribution in [2.75, 3.05) is 20.6 Å². The first-order valence-corrected chi connectivity index (χ1v) is 12.6. The van der Waals surface area contributed by atoms with Gasteiger partial charge in [0.1, 0.15) is 5.60 Å². The zero-order chi connectivity index (χ0) is 24.8. The van der Waals surface area contributed by atoms with Gasteiger partial charge in [-0.15, -0.1) is 0 Å². The van der Waals surface area contributed by atoms with Crippen LogP contribution in [0.3, 0.4) is 0 Å². The maximum atomic E-state index is 13.4. The Labute approximate surface area is 206 Å². The standard InChI is InChI=1S/C29H34N2O4/c1-18-6-5-7-19(16-18)8-11-24(33)31(4)22-12-13-29(34)23-17-20-9-10-21(32)26-25(20)28(29,14-15-30(23)3)27(22,2)35-26/h5-11,16,22-23,32,34H,12-15,17H2,1-4H3/b11-8+/t22?,23-,27?,28+,29-/m1/s1. The minimum Gasteiger partial charge on any atom is -0.504 e. The van der Waals surface area contributed by atoms with E-state index in [4.69, 9.17) is 4.74 Å². The first-order valence-electron chi connectivity index (χ1n) is 12.6. The van der Waals surface area contributed by atoms with Crippen molar-refractivity contribution >= 4 is 12.0 Å². The average Bonchev–Trinajstić information content (AvgIpc) is 3.10. The van der Waals surface area contributed by atoms with E-state index >= 15 is 0 Å². The molecule has 35 heavy (non-hydrogen) atoms. The number of nitrogens with zero attached hydrogens (tertiary/aromatic N) is 2. The molecule has 1 saturated carbocycles. The third kappa shape index (κ3) is 2.75. The third-order valence-corrected chi connectivity index (χ3v) is 9.60. The molecule has 0 aromatic heterocycles. The molecule has 5 atom stereocenters. The van der Waals surface area contributed by atoms with E-state index in [0.29, 0.717) is 25.0 Å². The van der Waals surface area contributed by atoms with Crippen LogP contribution in [0.4, 0.5) is 0 Å². The Hall–Kier alpha value is -2.83. The molecule has 2 aliphatic heterocycles. The van der Waals surface area contributed by atoms with E-state index in [1.54, 1.807) is 17.0 Å². The van der Waals surface area contributed by atoms with Crippen LogP contribution in [-0.4, -0.2) is 69.8 Å². The van der Waals surface area contributed by atoms with Crippen LogP contribution in [0.2, 0.25) is 0 Å². The van der Waals surface area contributed by atoms with Gasteiger partial charge in [0.15, 0.2) is 11.5 Å². The van der Waals surface area contributed by atoms with Crippen LogP contribution < -0.4 is 4.74 Å². The van der Waals surface area contributed by atoms with E-state index in [-0.39, 0.29) is 23.7 Å². The van der Waals surface area contributed by atoms with Crippen LogP contribution in [0.1, 0.15) is 48.4 Å². The fourth-order valence-corrected chi connectivity index (χ4v) is 7.96. The van der Waals surface area contributed by atoms with Gasteiger partial charge in [-0.2, -0.15) is 0 Å². The lowest BCUT2D eigenvalue weighted by molar-refractivity contribution is -0.226. The molecule has 2 aromatic rings. The van der Waals surface area contributed by atoms with Gasteiger partial charge in [-0.05, 0) is 76.4 Å². The molecule has 6 heteroatoms. The highest BCUT2D eigenvalue weighted by molar-refractivity contribution is 5.92. The summed E-state index contributed by atoms with van der Waals surface area (Å²) >= 11 is 0. The summed E-state index contributed by atoms with van der Waals surface area (Å²) < 4.78 is 6.71. The van der Waals surface area contributed by atoms with Crippen molar-refractivity contribution in [3.63, 3.8) is 0 Å². The van der Waals surface area contributed by atoms with Crippen molar-refractivity contribution in [1.82, 2.24) is 9.80 Å². The Balaban J connectivity index is 1.42. The molecule has 184 valence electrons. The number of benzene rings is 2. The fourth-order valence-electron chi connectivity index (χ4n) is 7.96. The van der Waals surface area contributed by atoms with E-state index in [0.717, 1.165) is 35.2 Å². The summed E-state index contributed by atoms with van der Waals surface area (Å²) in [6.07, 6.45) is 6.14. The summed E-state index contributed by atoms with van der Waals surface area (Å²) in [5, 5.41) is 23.2. The molecule has 2 unspecified atom stereocenters. The lowest BCUT2D eigenvalue weighted by Gasteiger charge is -2.67. The molecular formula is C29H34N2O4. The van der Waals surface area contributed by atoms with Crippen LogP contribution in [0.5, 0.6) is 11.5 Å². The van der Waals surface area contributed by atoms with Gasteiger partial charge >= 0.3 is 0 Å². The normalized spacial score (nSPS) is 35.0. The number of likely N-dealkylation sites (N-methyl/N-ethyl adjacent to an activating group) is 2. The van der Waals surface area contributed by atoms with Gasteiger partial charge in [-0.3, -0.25) is 4.79 Å². The lowest BCUT2D eigenvalue weighted by atomic mass is 9.44. The quantitative estimate of drug-likeness (QED) is 0.667. The highest BCUT2D eigenvalue weighted by Gasteiger charge is 2.77. The molecule has 1 saturated heterocycles. The number of hydrogen-bond donors (Lipinski definition) is 2. The monoisotopic (exact) mass is 474 g/mol. The zero-order valence-corrected chi connectivity index (χ0v) is 20.9. The van der Waals surface area contributed by atoms with Crippen LogP contribution >= 0.6 is 0 Å². The van der Waals surface area contributed by atoms with E-state index < -0.39 is 16.6 Å². The van der Waals surface area contributed by atoms with Gasteiger partial charge in [0.05, 0.1) is 17.1 Å². The second-order valence-electron chi connectivity index (χ2n) is 11.2. The Morgan fingerprint density at radius 1 is 1.26 bits per heavy atom. The lowest BCUT2D eigenvalue weighted by Crippen LogP contribution is -2.81. The zero-order valence-electron chi connectivity index (χ0n) is 20.9. The number of rotatable bonds is 3. The van der Waals surface area contributed by atoms with Crippen LogP contribution in [-0.2, 0) is 16.6 Å². The van der Waals surface area contributed by atoms with Crippen molar-refractivity contribution in [3.8, 4) is 11.5 Å². The van der Waals surface area contributed by atoms with E-state index in [9.17, 15) is 15.0 Å². The van der Waals surface area contributed by atoms with Gasteiger partial charge in [-0.1, -0.05) is 35.9 Å². The van der Waals surface area contributed by atoms with Gasteiger partial charge in [0.25, 0.3) is 0 Å². The molecule has 6 rings (SSSR count). The number of phenolic OH excluding ortho intramolecular Hbond substituents is 1. The van der Waals surface area contributed by atoms with Gasteiger partial charge in [0.2, 0.25) is 5.91 Å².